The zero-order chi connectivity index (χ0) is 6.78. The normalized spacial score (nSPS) is 11.1. The van der Waals surface area contributed by atoms with Crippen molar-refractivity contribution in [3.63, 3.8) is 0 Å². The molecule has 0 heterocycles. The molecule has 0 aromatic heterocycles. The van der Waals surface area contributed by atoms with Crippen LogP contribution in [0.15, 0.2) is 0 Å². The first-order chi connectivity index (χ1) is 3.42. The fraction of sp³-hybridized carbons (Fsp3) is 0. The standard InChI is InChI=1S/HNO5S2/c2-1(3)7-8(4,5)6/h(H,4,5,6). The van der Waals surface area contributed by atoms with Crippen LogP contribution >= 0.6 is 11.0 Å². The number of hydrogen-bond donors (Lipinski definition) is 1. The molecule has 0 aliphatic heterocycles. The third-order valence-corrected chi connectivity index (χ3v) is 1.40. The Bertz CT molecular complexity index is 177. The molecule has 0 saturated carbocycles. The monoisotopic (exact) mass is 159 g/mol. The molecule has 0 unspecified atom stereocenters. The molecule has 1 N–H and O–H groups in total. The van der Waals surface area contributed by atoms with E-state index in [0.29, 0.717) is 0 Å². The molecular weight excluding hydrogens is 158 g/mol. The first-order valence-corrected chi connectivity index (χ1v) is 3.96. The third kappa shape index (κ3) is 5.66. The van der Waals surface area contributed by atoms with Gasteiger partial charge in [0.25, 0.3) is 0 Å². The SMILES string of the molecule is O=[N+]([O-])SS(=O)(=O)O. The average Bonchev–Trinajstić information content (AvgIpc) is 1.21. The number of hydrogen-bond acceptors (Lipinski definition) is 5. The zero-order valence-electron chi connectivity index (χ0n) is 3.34. The van der Waals surface area contributed by atoms with Crippen LogP contribution in [0.4, 0.5) is 0 Å². The molecule has 0 aromatic rings. The number of nitro groups is 1. The predicted molar refractivity (Wildman–Crippen MR) is 26.1 cm³/mol. The maximum Gasteiger partial charge on any atom is 0.390 e. The van der Waals surface area contributed by atoms with Crippen LogP contribution in [0.5, 0.6) is 0 Å². The van der Waals surface area contributed by atoms with E-state index in [0.717, 1.165) is 0 Å². The van der Waals surface area contributed by atoms with Crippen molar-refractivity contribution in [2.75, 3.05) is 0 Å². The molecule has 48 valence electrons. The van der Waals surface area contributed by atoms with Gasteiger partial charge in [0, 0.05) is 0 Å². The molecule has 0 amide bonds. The molecule has 0 rings (SSSR count). The van der Waals surface area contributed by atoms with E-state index in [-0.39, 0.29) is 0 Å². The van der Waals surface area contributed by atoms with E-state index in [4.69, 9.17) is 4.55 Å². The topological polar surface area (TPSA) is 97.5 Å². The van der Waals surface area contributed by atoms with Crippen LogP contribution < -0.4 is 0 Å². The number of nitrogens with zero attached hydrogens (tertiary/aromatic N) is 1. The van der Waals surface area contributed by atoms with Gasteiger partial charge < -0.3 is 0 Å². The van der Waals surface area contributed by atoms with E-state index in [1.807, 2.05) is 0 Å². The highest BCUT2D eigenvalue weighted by Crippen LogP contribution is 2.07. The lowest BCUT2D eigenvalue weighted by molar-refractivity contribution is -0.281. The van der Waals surface area contributed by atoms with Crippen molar-refractivity contribution < 1.29 is 17.3 Å². The summed E-state index contributed by atoms with van der Waals surface area (Å²) in [5, 5.41) is 9.24. The van der Waals surface area contributed by atoms with Gasteiger partial charge in [-0.25, -0.2) is 10.1 Å². The van der Waals surface area contributed by atoms with Gasteiger partial charge in [0.15, 0.2) is 0 Å². The van der Waals surface area contributed by atoms with Crippen molar-refractivity contribution in [1.82, 2.24) is 0 Å². The molecule has 0 radical (unpaired) electrons. The highest BCUT2D eigenvalue weighted by molar-refractivity contribution is 8.67. The molecule has 0 aliphatic rings. The van der Waals surface area contributed by atoms with Crippen molar-refractivity contribution in [2.24, 2.45) is 0 Å². The van der Waals surface area contributed by atoms with Gasteiger partial charge in [-0.05, 0) is 0 Å². The Hall–Kier alpha value is -0.340. The molecule has 0 spiro atoms. The predicted octanol–water partition coefficient (Wildman–Crippen LogP) is -0.286. The van der Waals surface area contributed by atoms with Gasteiger partial charge in [0.1, 0.15) is 4.33 Å². The van der Waals surface area contributed by atoms with Crippen LogP contribution in [0.25, 0.3) is 0 Å². The smallest absolute Gasteiger partial charge is 0.273 e. The van der Waals surface area contributed by atoms with Crippen LogP contribution in [0, 0.1) is 10.1 Å². The minimum Gasteiger partial charge on any atom is -0.273 e. The second-order valence-corrected chi connectivity index (χ2v) is 3.74. The Morgan fingerprint density at radius 3 is 2.00 bits per heavy atom. The van der Waals surface area contributed by atoms with Crippen LogP contribution in [-0.2, 0) is 9.15 Å². The molecule has 0 bridgehead atoms. The fourth-order valence-corrected chi connectivity index (χ4v) is 0.692. The van der Waals surface area contributed by atoms with Crippen LogP contribution in [0.3, 0.4) is 0 Å². The Balaban J connectivity index is 3.95. The summed E-state index contributed by atoms with van der Waals surface area (Å²) < 4.78 is 25.5. The summed E-state index contributed by atoms with van der Waals surface area (Å²) in [7, 11) is -5.24. The van der Waals surface area contributed by atoms with Gasteiger partial charge in [-0.1, -0.05) is 0 Å². The summed E-state index contributed by atoms with van der Waals surface area (Å²) in [5.41, 5.74) is 0. The summed E-state index contributed by atoms with van der Waals surface area (Å²) >= 11 is 0. The van der Waals surface area contributed by atoms with Crippen molar-refractivity contribution in [2.45, 2.75) is 0 Å². The second-order valence-electron chi connectivity index (χ2n) is 0.726. The van der Waals surface area contributed by atoms with E-state index < -0.39 is 24.5 Å². The van der Waals surface area contributed by atoms with Crippen LogP contribution in [0.2, 0.25) is 0 Å². The molecule has 6 nitrogen and oxygen atoms in total. The number of rotatable bonds is 2. The molecule has 0 aliphatic carbocycles. The highest BCUT2D eigenvalue weighted by Gasteiger charge is 2.17. The van der Waals surface area contributed by atoms with Gasteiger partial charge in [-0.3, -0.25) is 4.55 Å². The van der Waals surface area contributed by atoms with Gasteiger partial charge in [0.2, 0.25) is 0 Å². The van der Waals surface area contributed by atoms with Crippen LogP contribution in [-0.4, -0.2) is 17.3 Å². The Morgan fingerprint density at radius 1 is 1.62 bits per heavy atom. The third-order valence-electron chi connectivity index (χ3n) is 0.155. The maximum absolute atomic E-state index is 9.52. The molecule has 0 atom stereocenters. The zero-order valence-corrected chi connectivity index (χ0v) is 4.98. The Kier molecular flexibility index (Phi) is 2.19. The lowest BCUT2D eigenvalue weighted by Gasteiger charge is -1.79. The van der Waals surface area contributed by atoms with E-state index >= 15 is 0 Å². The lowest BCUT2D eigenvalue weighted by atomic mass is 13.4. The molecule has 8 heteroatoms. The Morgan fingerprint density at radius 2 is 2.00 bits per heavy atom. The minimum absolute atomic E-state index is 0.738. The minimum atomic E-state index is -4.51. The van der Waals surface area contributed by atoms with Crippen molar-refractivity contribution in [3.8, 4) is 0 Å². The van der Waals surface area contributed by atoms with Crippen molar-refractivity contribution in [3.05, 3.63) is 10.1 Å². The molecular formula is HNO5S2. The van der Waals surface area contributed by atoms with E-state index in [9.17, 15) is 18.5 Å². The summed E-state index contributed by atoms with van der Waals surface area (Å²) in [6, 6.07) is 0. The lowest BCUT2D eigenvalue weighted by Crippen LogP contribution is -1.94. The van der Waals surface area contributed by atoms with Gasteiger partial charge in [-0.15, -0.1) is 0 Å². The fourth-order valence-electron chi connectivity index (χ4n) is 0.0769. The van der Waals surface area contributed by atoms with Gasteiger partial charge in [-0.2, -0.15) is 8.42 Å². The van der Waals surface area contributed by atoms with E-state index in [2.05, 4.69) is 0 Å². The second kappa shape index (κ2) is 2.29. The average molecular weight is 159 g/mol. The molecule has 8 heavy (non-hydrogen) atoms. The molecule has 0 saturated heterocycles. The quantitative estimate of drug-likeness (QED) is 0.195. The van der Waals surface area contributed by atoms with Gasteiger partial charge in [0.05, 0.1) is 0 Å². The summed E-state index contributed by atoms with van der Waals surface area (Å²) in [5.74, 6) is 0. The largest absolute Gasteiger partial charge is 0.390 e. The Labute approximate surface area is 48.3 Å². The first kappa shape index (κ1) is 7.66. The van der Waals surface area contributed by atoms with E-state index in [1.54, 1.807) is 0 Å². The molecule has 0 aromatic carbocycles. The summed E-state index contributed by atoms with van der Waals surface area (Å²) in [6.45, 7) is 0. The maximum atomic E-state index is 9.52. The highest BCUT2D eigenvalue weighted by atomic mass is 33.2. The molecule has 0 fully saturated rings. The van der Waals surface area contributed by atoms with Crippen molar-refractivity contribution >= 4 is 20.1 Å². The van der Waals surface area contributed by atoms with E-state index in [1.165, 1.54) is 0 Å². The summed E-state index contributed by atoms with van der Waals surface area (Å²) in [6.07, 6.45) is 0. The first-order valence-electron chi connectivity index (χ1n) is 1.23. The van der Waals surface area contributed by atoms with Crippen LogP contribution in [0.1, 0.15) is 0 Å². The van der Waals surface area contributed by atoms with Crippen molar-refractivity contribution in [1.29, 1.82) is 0 Å². The van der Waals surface area contributed by atoms with Gasteiger partial charge >= 0.3 is 20.1 Å². The summed E-state index contributed by atoms with van der Waals surface area (Å²) in [4.78, 5) is 9.24.